The number of H-pyrrole nitrogens is 1. The molecular formula is C16H25N5O2. The van der Waals surface area contributed by atoms with Crippen LogP contribution < -0.4 is 5.73 Å². The van der Waals surface area contributed by atoms with Crippen molar-refractivity contribution >= 4 is 11.8 Å². The predicted molar refractivity (Wildman–Crippen MR) is 85.7 cm³/mol. The molecule has 1 aromatic heterocycles. The average molecular weight is 319 g/mol. The minimum Gasteiger partial charge on any atom is -0.365 e. The van der Waals surface area contributed by atoms with E-state index in [1.165, 1.54) is 12.6 Å². The van der Waals surface area contributed by atoms with Crippen LogP contribution in [-0.2, 0) is 4.79 Å². The van der Waals surface area contributed by atoms with Gasteiger partial charge in [0.15, 0.2) is 0 Å². The van der Waals surface area contributed by atoms with Crippen LogP contribution in [0.25, 0.3) is 0 Å². The molecule has 7 nitrogen and oxygen atoms in total. The van der Waals surface area contributed by atoms with Gasteiger partial charge < -0.3 is 10.6 Å². The molecule has 2 amide bonds. The van der Waals surface area contributed by atoms with Gasteiger partial charge in [0.25, 0.3) is 5.91 Å². The molecule has 0 aliphatic carbocycles. The van der Waals surface area contributed by atoms with Crippen LogP contribution in [0.2, 0.25) is 0 Å². The summed E-state index contributed by atoms with van der Waals surface area (Å²) in [7, 11) is 0. The van der Waals surface area contributed by atoms with E-state index in [1.54, 1.807) is 0 Å². The van der Waals surface area contributed by atoms with Crippen molar-refractivity contribution in [1.82, 2.24) is 20.0 Å². The molecule has 1 atom stereocenters. The first-order valence-corrected chi connectivity index (χ1v) is 8.51. The van der Waals surface area contributed by atoms with E-state index in [9.17, 15) is 9.59 Å². The molecule has 2 aliphatic heterocycles. The zero-order valence-corrected chi connectivity index (χ0v) is 13.5. The zero-order chi connectivity index (χ0) is 16.2. The number of likely N-dealkylation sites (tertiary alicyclic amines) is 2. The third-order valence-electron chi connectivity index (χ3n) is 4.93. The summed E-state index contributed by atoms with van der Waals surface area (Å²) < 4.78 is 0. The number of piperidine rings is 1. The summed E-state index contributed by atoms with van der Waals surface area (Å²) in [4.78, 5) is 27.6. The maximum Gasteiger partial charge on any atom is 0.252 e. The summed E-state index contributed by atoms with van der Waals surface area (Å²) in [5.74, 6) is -0.147. The maximum absolute atomic E-state index is 11.7. The van der Waals surface area contributed by atoms with Crippen molar-refractivity contribution in [2.45, 2.75) is 44.6 Å². The molecule has 23 heavy (non-hydrogen) atoms. The molecule has 2 saturated heterocycles. The Labute approximate surface area is 136 Å². The van der Waals surface area contributed by atoms with Crippen molar-refractivity contribution in [2.24, 2.45) is 5.73 Å². The summed E-state index contributed by atoms with van der Waals surface area (Å²) in [5, 5.41) is 6.97. The van der Waals surface area contributed by atoms with Crippen LogP contribution in [0.1, 0.15) is 60.6 Å². The van der Waals surface area contributed by atoms with Crippen molar-refractivity contribution < 1.29 is 9.59 Å². The summed E-state index contributed by atoms with van der Waals surface area (Å²) >= 11 is 0. The van der Waals surface area contributed by atoms with Gasteiger partial charge in [-0.2, -0.15) is 5.10 Å². The van der Waals surface area contributed by atoms with Gasteiger partial charge >= 0.3 is 0 Å². The predicted octanol–water partition coefficient (Wildman–Crippen LogP) is 1.05. The lowest BCUT2D eigenvalue weighted by Gasteiger charge is -2.35. The van der Waals surface area contributed by atoms with E-state index in [0.717, 1.165) is 57.6 Å². The Morgan fingerprint density at radius 1 is 1.30 bits per heavy atom. The molecule has 3 rings (SSSR count). The number of aromatic amines is 1. The van der Waals surface area contributed by atoms with Gasteiger partial charge in [0.1, 0.15) is 0 Å². The normalized spacial score (nSPS) is 22.7. The third-order valence-corrected chi connectivity index (χ3v) is 4.93. The van der Waals surface area contributed by atoms with Crippen LogP contribution in [-0.4, -0.2) is 58.0 Å². The number of rotatable bonds is 6. The lowest BCUT2D eigenvalue weighted by atomic mass is 9.96. The van der Waals surface area contributed by atoms with Gasteiger partial charge in [0, 0.05) is 26.1 Å². The standard InChI is InChI=1S/C16H25N5O2/c17-16(23)12-11-18-19-15(12)13-5-1-2-7-20(13)9-4-10-21-8-3-6-14(21)22/h11,13H,1-10H2,(H2,17,23)(H,18,19). The molecule has 0 spiro atoms. The highest BCUT2D eigenvalue weighted by atomic mass is 16.2. The molecule has 7 heteroatoms. The van der Waals surface area contributed by atoms with E-state index in [-0.39, 0.29) is 11.9 Å². The number of primary amides is 1. The molecule has 1 unspecified atom stereocenters. The lowest BCUT2D eigenvalue weighted by Crippen LogP contribution is -2.37. The second-order valence-electron chi connectivity index (χ2n) is 6.45. The number of nitrogens with zero attached hydrogens (tertiary/aromatic N) is 3. The summed E-state index contributed by atoms with van der Waals surface area (Å²) in [5.41, 5.74) is 6.79. The van der Waals surface area contributed by atoms with Crippen LogP contribution in [0.15, 0.2) is 6.20 Å². The van der Waals surface area contributed by atoms with E-state index in [4.69, 9.17) is 5.73 Å². The first-order chi connectivity index (χ1) is 11.2. The van der Waals surface area contributed by atoms with E-state index < -0.39 is 5.91 Å². The molecule has 0 saturated carbocycles. The van der Waals surface area contributed by atoms with Crippen molar-refractivity contribution in [1.29, 1.82) is 0 Å². The van der Waals surface area contributed by atoms with Crippen molar-refractivity contribution in [3.05, 3.63) is 17.5 Å². The second-order valence-corrected chi connectivity index (χ2v) is 6.45. The molecule has 3 N–H and O–H groups in total. The Morgan fingerprint density at radius 2 is 2.17 bits per heavy atom. The Balaban J connectivity index is 1.61. The quantitative estimate of drug-likeness (QED) is 0.819. The molecule has 0 radical (unpaired) electrons. The van der Waals surface area contributed by atoms with Gasteiger partial charge in [-0.1, -0.05) is 6.42 Å². The smallest absolute Gasteiger partial charge is 0.252 e. The van der Waals surface area contributed by atoms with Crippen LogP contribution in [0.4, 0.5) is 0 Å². The number of carbonyl (C=O) groups is 2. The number of hydrogen-bond donors (Lipinski definition) is 2. The Morgan fingerprint density at radius 3 is 2.91 bits per heavy atom. The Kier molecular flexibility index (Phi) is 4.95. The third kappa shape index (κ3) is 3.55. The highest BCUT2D eigenvalue weighted by molar-refractivity contribution is 5.93. The molecule has 0 bridgehead atoms. The fourth-order valence-electron chi connectivity index (χ4n) is 3.74. The van der Waals surface area contributed by atoms with Crippen molar-refractivity contribution in [3.8, 4) is 0 Å². The number of nitrogens with two attached hydrogens (primary N) is 1. The molecule has 2 aliphatic rings. The second kappa shape index (κ2) is 7.12. The van der Waals surface area contributed by atoms with Crippen molar-refractivity contribution in [2.75, 3.05) is 26.2 Å². The van der Waals surface area contributed by atoms with Gasteiger partial charge in [0.2, 0.25) is 5.91 Å². The molecule has 0 aromatic carbocycles. The highest BCUT2D eigenvalue weighted by Gasteiger charge is 2.28. The average Bonchev–Trinajstić information content (AvgIpc) is 3.17. The number of aromatic nitrogens is 2. The van der Waals surface area contributed by atoms with Crippen LogP contribution in [0.5, 0.6) is 0 Å². The lowest BCUT2D eigenvalue weighted by molar-refractivity contribution is -0.127. The van der Waals surface area contributed by atoms with Gasteiger partial charge in [0.05, 0.1) is 23.5 Å². The minimum absolute atomic E-state index is 0.169. The molecule has 126 valence electrons. The van der Waals surface area contributed by atoms with Gasteiger partial charge in [-0.25, -0.2) is 0 Å². The van der Waals surface area contributed by atoms with E-state index in [1.807, 2.05) is 4.90 Å². The fraction of sp³-hybridized carbons (Fsp3) is 0.688. The molecule has 1 aromatic rings. The first-order valence-electron chi connectivity index (χ1n) is 8.51. The van der Waals surface area contributed by atoms with E-state index in [0.29, 0.717) is 12.0 Å². The Bertz CT molecular complexity index is 571. The number of nitrogens with one attached hydrogen (secondary N) is 1. The van der Waals surface area contributed by atoms with Crippen LogP contribution >= 0.6 is 0 Å². The maximum atomic E-state index is 11.7. The number of amides is 2. The topological polar surface area (TPSA) is 95.3 Å². The number of carbonyl (C=O) groups excluding carboxylic acids is 2. The van der Waals surface area contributed by atoms with Crippen LogP contribution in [0, 0.1) is 0 Å². The molecule has 3 heterocycles. The first kappa shape index (κ1) is 16.0. The molecule has 2 fully saturated rings. The highest BCUT2D eigenvalue weighted by Crippen LogP contribution is 2.31. The minimum atomic E-state index is -0.429. The monoisotopic (exact) mass is 319 g/mol. The molecular weight excluding hydrogens is 294 g/mol. The summed E-state index contributed by atoms with van der Waals surface area (Å²) in [6.07, 6.45) is 7.48. The van der Waals surface area contributed by atoms with Gasteiger partial charge in [-0.05, 0) is 32.2 Å². The van der Waals surface area contributed by atoms with Gasteiger partial charge in [-0.15, -0.1) is 0 Å². The summed E-state index contributed by atoms with van der Waals surface area (Å²) in [6, 6.07) is 0.169. The SMILES string of the molecule is NC(=O)c1cn[nH]c1C1CCCCN1CCCN1CCCC1=O. The van der Waals surface area contributed by atoms with Crippen molar-refractivity contribution in [3.63, 3.8) is 0 Å². The largest absolute Gasteiger partial charge is 0.365 e. The fourth-order valence-corrected chi connectivity index (χ4v) is 3.74. The number of hydrogen-bond acceptors (Lipinski definition) is 4. The summed E-state index contributed by atoms with van der Waals surface area (Å²) in [6.45, 7) is 3.66. The van der Waals surface area contributed by atoms with Crippen LogP contribution in [0.3, 0.4) is 0 Å². The Hall–Kier alpha value is -1.89. The van der Waals surface area contributed by atoms with E-state index >= 15 is 0 Å². The zero-order valence-electron chi connectivity index (χ0n) is 13.5. The van der Waals surface area contributed by atoms with Gasteiger partial charge in [-0.3, -0.25) is 19.6 Å². The van der Waals surface area contributed by atoms with E-state index in [2.05, 4.69) is 15.1 Å².